The average molecular weight is 381 g/mol. The maximum atomic E-state index is 4.29. The van der Waals surface area contributed by atoms with E-state index in [9.17, 15) is 0 Å². The molecule has 0 aromatic heterocycles. The molecular weight excluding hydrogens is 326 g/mol. The van der Waals surface area contributed by atoms with E-state index in [2.05, 4.69) is 33.6 Å². The summed E-state index contributed by atoms with van der Waals surface area (Å²) in [6, 6.07) is 0. The standard InChI is InChI=1S/C26H54N/c1-5-9-12-15-18-21-24-27(8-4,25-22-19-16-13-10-6-2)26-23-20-17-14-11-7-3/h8H,4-7,9-26H2,1-3H3/q+1. The molecule has 0 N–H and O–H groups in total. The number of quaternary nitrogens is 1. The van der Waals surface area contributed by atoms with Crippen LogP contribution in [0.15, 0.2) is 12.8 Å². The maximum Gasteiger partial charge on any atom is 0.0885 e. The quantitative estimate of drug-likeness (QED) is 0.130. The Hall–Kier alpha value is -0.300. The molecule has 0 spiro atoms. The first kappa shape index (κ1) is 26.7. The topological polar surface area (TPSA) is 0 Å². The Bertz CT molecular complexity index is 256. The van der Waals surface area contributed by atoms with Gasteiger partial charge in [-0.25, -0.2) is 0 Å². The van der Waals surface area contributed by atoms with Gasteiger partial charge in [-0.2, -0.15) is 0 Å². The van der Waals surface area contributed by atoms with E-state index in [0.29, 0.717) is 0 Å². The van der Waals surface area contributed by atoms with Gasteiger partial charge in [-0.3, -0.25) is 4.48 Å². The summed E-state index contributed by atoms with van der Waals surface area (Å²) in [7, 11) is 0. The van der Waals surface area contributed by atoms with Gasteiger partial charge >= 0.3 is 0 Å². The number of nitrogens with zero attached hydrogens (tertiary/aromatic N) is 1. The van der Waals surface area contributed by atoms with Crippen molar-refractivity contribution in [3.05, 3.63) is 12.8 Å². The molecule has 0 heterocycles. The zero-order valence-corrected chi connectivity index (χ0v) is 19.6. The Balaban J connectivity index is 4.25. The van der Waals surface area contributed by atoms with Gasteiger partial charge in [0, 0.05) is 0 Å². The first-order chi connectivity index (χ1) is 13.2. The molecule has 0 radical (unpaired) electrons. The first-order valence-electron chi connectivity index (χ1n) is 12.7. The normalized spacial score (nSPS) is 11.8. The van der Waals surface area contributed by atoms with Crippen molar-refractivity contribution in [2.24, 2.45) is 0 Å². The van der Waals surface area contributed by atoms with Gasteiger partial charge in [0.1, 0.15) is 0 Å². The zero-order chi connectivity index (χ0) is 20.1. The molecule has 0 unspecified atom stereocenters. The fourth-order valence-corrected chi connectivity index (χ4v) is 4.23. The van der Waals surface area contributed by atoms with E-state index < -0.39 is 0 Å². The molecule has 0 saturated carbocycles. The molecule has 0 aliphatic carbocycles. The molecule has 27 heavy (non-hydrogen) atoms. The van der Waals surface area contributed by atoms with Gasteiger partial charge in [-0.1, -0.05) is 97.8 Å². The molecule has 162 valence electrons. The molecule has 0 aliphatic rings. The van der Waals surface area contributed by atoms with Gasteiger partial charge in [0.2, 0.25) is 0 Å². The van der Waals surface area contributed by atoms with E-state index in [1.54, 1.807) is 0 Å². The van der Waals surface area contributed by atoms with Crippen molar-refractivity contribution < 1.29 is 4.48 Å². The first-order valence-corrected chi connectivity index (χ1v) is 12.7. The predicted octanol–water partition coefficient (Wildman–Crippen LogP) is 9.03. The fraction of sp³-hybridized carbons (Fsp3) is 0.923. The van der Waals surface area contributed by atoms with Crippen LogP contribution in [0.1, 0.15) is 136 Å². The monoisotopic (exact) mass is 380 g/mol. The second-order valence-electron chi connectivity index (χ2n) is 8.88. The number of hydrogen-bond acceptors (Lipinski definition) is 0. The van der Waals surface area contributed by atoms with Crippen LogP contribution in [0.3, 0.4) is 0 Å². The Morgan fingerprint density at radius 1 is 0.444 bits per heavy atom. The Morgan fingerprint density at radius 3 is 0.963 bits per heavy atom. The van der Waals surface area contributed by atoms with Gasteiger partial charge in [0.25, 0.3) is 0 Å². The molecule has 0 fully saturated rings. The van der Waals surface area contributed by atoms with Crippen molar-refractivity contribution in [1.29, 1.82) is 0 Å². The summed E-state index contributed by atoms with van der Waals surface area (Å²) in [5.41, 5.74) is 0. The summed E-state index contributed by atoms with van der Waals surface area (Å²) in [6.45, 7) is 15.2. The van der Waals surface area contributed by atoms with Crippen LogP contribution in [0.4, 0.5) is 0 Å². The third kappa shape index (κ3) is 16.4. The van der Waals surface area contributed by atoms with Gasteiger partial charge < -0.3 is 0 Å². The van der Waals surface area contributed by atoms with Crippen molar-refractivity contribution in [3.8, 4) is 0 Å². The molecule has 0 saturated heterocycles. The summed E-state index contributed by atoms with van der Waals surface area (Å²) in [5.74, 6) is 0. The Kier molecular flexibility index (Phi) is 20.2. The van der Waals surface area contributed by atoms with Gasteiger partial charge in [-0.05, 0) is 45.1 Å². The van der Waals surface area contributed by atoms with Gasteiger partial charge in [0.15, 0.2) is 0 Å². The van der Waals surface area contributed by atoms with E-state index >= 15 is 0 Å². The van der Waals surface area contributed by atoms with Gasteiger partial charge in [0.05, 0.1) is 25.8 Å². The molecule has 1 heteroatoms. The largest absolute Gasteiger partial charge is 0.298 e. The third-order valence-electron chi connectivity index (χ3n) is 6.26. The molecule has 0 amide bonds. The zero-order valence-electron chi connectivity index (χ0n) is 19.6. The molecule has 0 aliphatic heterocycles. The van der Waals surface area contributed by atoms with E-state index in [0.717, 1.165) is 0 Å². The highest BCUT2D eigenvalue weighted by molar-refractivity contribution is 4.61. The lowest BCUT2D eigenvalue weighted by molar-refractivity contribution is -0.880. The van der Waals surface area contributed by atoms with Crippen LogP contribution in [0, 0.1) is 0 Å². The lowest BCUT2D eigenvalue weighted by atomic mass is 10.1. The number of hydrogen-bond donors (Lipinski definition) is 0. The minimum atomic E-state index is 1.19. The highest BCUT2D eigenvalue weighted by Gasteiger charge is 2.22. The van der Waals surface area contributed by atoms with Crippen molar-refractivity contribution in [2.75, 3.05) is 19.6 Å². The van der Waals surface area contributed by atoms with Crippen LogP contribution in [0.5, 0.6) is 0 Å². The van der Waals surface area contributed by atoms with E-state index in [1.165, 1.54) is 140 Å². The van der Waals surface area contributed by atoms with Crippen LogP contribution in [0.25, 0.3) is 0 Å². The fourth-order valence-electron chi connectivity index (χ4n) is 4.23. The molecule has 1 nitrogen and oxygen atoms in total. The number of rotatable bonds is 22. The van der Waals surface area contributed by atoms with Crippen LogP contribution in [-0.4, -0.2) is 24.1 Å². The maximum absolute atomic E-state index is 4.29. The Labute approximate surface area is 173 Å². The van der Waals surface area contributed by atoms with Crippen molar-refractivity contribution in [2.45, 2.75) is 136 Å². The summed E-state index contributed by atoms with van der Waals surface area (Å²) < 4.78 is 1.19. The lowest BCUT2D eigenvalue weighted by Gasteiger charge is -2.35. The van der Waals surface area contributed by atoms with Crippen LogP contribution < -0.4 is 0 Å². The van der Waals surface area contributed by atoms with Crippen molar-refractivity contribution in [3.63, 3.8) is 0 Å². The molecule has 0 aromatic rings. The molecule has 0 bridgehead atoms. The SMILES string of the molecule is C=C[N+](CCCCCCCC)(CCCCCCCC)CCCCCCCC. The van der Waals surface area contributed by atoms with E-state index in [-0.39, 0.29) is 0 Å². The third-order valence-corrected chi connectivity index (χ3v) is 6.26. The average Bonchev–Trinajstić information content (AvgIpc) is 2.69. The smallest absolute Gasteiger partial charge is 0.0885 e. The molecule has 0 aromatic carbocycles. The van der Waals surface area contributed by atoms with Crippen molar-refractivity contribution >= 4 is 0 Å². The second-order valence-corrected chi connectivity index (χ2v) is 8.88. The Morgan fingerprint density at radius 2 is 0.704 bits per heavy atom. The van der Waals surface area contributed by atoms with Crippen LogP contribution in [-0.2, 0) is 0 Å². The highest BCUT2D eigenvalue weighted by Crippen LogP contribution is 2.19. The molecule has 0 rings (SSSR count). The predicted molar refractivity (Wildman–Crippen MR) is 125 cm³/mol. The number of unbranched alkanes of at least 4 members (excludes halogenated alkanes) is 15. The minimum Gasteiger partial charge on any atom is -0.298 e. The van der Waals surface area contributed by atoms with Gasteiger partial charge in [-0.15, -0.1) is 0 Å². The molecular formula is C26H54N+. The summed E-state index contributed by atoms with van der Waals surface area (Å²) >= 11 is 0. The van der Waals surface area contributed by atoms with E-state index in [4.69, 9.17) is 0 Å². The summed E-state index contributed by atoms with van der Waals surface area (Å²) in [5, 5.41) is 0. The summed E-state index contributed by atoms with van der Waals surface area (Å²) in [4.78, 5) is 0. The van der Waals surface area contributed by atoms with E-state index in [1.807, 2.05) is 0 Å². The lowest BCUT2D eigenvalue weighted by Crippen LogP contribution is -2.45. The highest BCUT2D eigenvalue weighted by atomic mass is 15.3. The van der Waals surface area contributed by atoms with Crippen LogP contribution in [0.2, 0.25) is 0 Å². The molecule has 0 atom stereocenters. The van der Waals surface area contributed by atoms with Crippen molar-refractivity contribution in [1.82, 2.24) is 0 Å². The van der Waals surface area contributed by atoms with Crippen LogP contribution >= 0.6 is 0 Å². The minimum absolute atomic E-state index is 1.19. The summed E-state index contributed by atoms with van der Waals surface area (Å²) in [6.07, 6.45) is 27.6. The second kappa shape index (κ2) is 20.4.